The predicted molar refractivity (Wildman–Crippen MR) is 114 cm³/mol. The molecule has 2 rings (SSSR count). The van der Waals surface area contributed by atoms with Gasteiger partial charge in [-0.3, -0.25) is 0 Å². The zero-order chi connectivity index (χ0) is 19.9. The van der Waals surface area contributed by atoms with E-state index in [9.17, 15) is 5.11 Å². The van der Waals surface area contributed by atoms with Crippen molar-refractivity contribution in [3.05, 3.63) is 58.1 Å². The predicted octanol–water partition coefficient (Wildman–Crippen LogP) is 5.95. The van der Waals surface area contributed by atoms with Crippen LogP contribution in [-0.4, -0.2) is 19.2 Å². The Kier molecular flexibility index (Phi) is 5.46. The lowest BCUT2D eigenvalue weighted by Crippen LogP contribution is -2.18. The molecule has 0 spiro atoms. The number of anilines is 1. The van der Waals surface area contributed by atoms with Crippen molar-refractivity contribution in [1.29, 1.82) is 0 Å². The molecule has 0 bridgehead atoms. The summed E-state index contributed by atoms with van der Waals surface area (Å²) in [5, 5.41) is 10.9. The molecule has 142 valence electrons. The fraction of sp³-hybridized carbons (Fsp3) is 0.500. The molecule has 2 aromatic carbocycles. The highest BCUT2D eigenvalue weighted by Crippen LogP contribution is 2.40. The highest BCUT2D eigenvalue weighted by molar-refractivity contribution is 5.57. The fourth-order valence-corrected chi connectivity index (χ4v) is 3.45. The summed E-state index contributed by atoms with van der Waals surface area (Å²) in [5.41, 5.74) is 6.95. The van der Waals surface area contributed by atoms with Crippen molar-refractivity contribution >= 4 is 5.69 Å². The number of phenolic OH excluding ortho intramolecular Hbond substituents is 1. The Labute approximate surface area is 159 Å². The van der Waals surface area contributed by atoms with E-state index >= 15 is 0 Å². The molecule has 0 aliphatic rings. The topological polar surface area (TPSA) is 23.5 Å². The lowest BCUT2D eigenvalue weighted by molar-refractivity contribution is 0.423. The second kappa shape index (κ2) is 6.98. The lowest BCUT2D eigenvalue weighted by Gasteiger charge is -2.28. The van der Waals surface area contributed by atoms with Crippen molar-refractivity contribution in [3.63, 3.8) is 0 Å². The van der Waals surface area contributed by atoms with Gasteiger partial charge in [0, 0.05) is 19.8 Å². The zero-order valence-corrected chi connectivity index (χ0v) is 18.0. The molecule has 0 aliphatic heterocycles. The van der Waals surface area contributed by atoms with Gasteiger partial charge in [0.2, 0.25) is 0 Å². The van der Waals surface area contributed by atoms with Gasteiger partial charge in [0.1, 0.15) is 5.75 Å². The van der Waals surface area contributed by atoms with Crippen LogP contribution in [0.2, 0.25) is 0 Å². The van der Waals surface area contributed by atoms with E-state index in [0.29, 0.717) is 5.75 Å². The molecule has 0 fully saturated rings. The molecule has 0 unspecified atom stereocenters. The monoisotopic (exact) mass is 353 g/mol. The summed E-state index contributed by atoms with van der Waals surface area (Å²) in [6.07, 6.45) is 0.863. The maximum Gasteiger partial charge on any atom is 0.123 e. The van der Waals surface area contributed by atoms with Crippen LogP contribution in [-0.2, 0) is 17.3 Å². The van der Waals surface area contributed by atoms with Crippen LogP contribution in [0.3, 0.4) is 0 Å². The normalized spacial score (nSPS) is 12.3. The summed E-state index contributed by atoms with van der Waals surface area (Å²) in [5.74, 6) is 0.450. The largest absolute Gasteiger partial charge is 0.507 e. The first-order valence-electron chi connectivity index (χ1n) is 9.44. The van der Waals surface area contributed by atoms with Crippen molar-refractivity contribution in [1.82, 2.24) is 0 Å². The first-order chi connectivity index (χ1) is 11.8. The molecule has 0 heterocycles. The number of aryl methyl sites for hydroxylation is 1. The molecule has 0 aromatic heterocycles. The highest BCUT2D eigenvalue weighted by Gasteiger charge is 2.26. The summed E-state index contributed by atoms with van der Waals surface area (Å²) in [4.78, 5) is 2.17. The number of rotatable bonds is 3. The first-order valence-corrected chi connectivity index (χ1v) is 9.44. The van der Waals surface area contributed by atoms with Crippen LogP contribution in [0.25, 0.3) is 0 Å². The van der Waals surface area contributed by atoms with E-state index < -0.39 is 0 Å². The summed E-state index contributed by atoms with van der Waals surface area (Å²) in [6, 6.07) is 11.0. The van der Waals surface area contributed by atoms with Crippen molar-refractivity contribution in [2.45, 2.75) is 65.7 Å². The minimum absolute atomic E-state index is 0.100. The molecule has 2 nitrogen and oxygen atoms in total. The Morgan fingerprint density at radius 3 is 1.77 bits per heavy atom. The molecule has 2 aromatic rings. The Hall–Kier alpha value is -1.96. The number of aromatic hydroxyl groups is 1. The lowest BCUT2D eigenvalue weighted by atomic mass is 9.78. The molecule has 0 aliphatic carbocycles. The van der Waals surface area contributed by atoms with Crippen LogP contribution in [0.4, 0.5) is 5.69 Å². The third-order valence-corrected chi connectivity index (χ3v) is 4.90. The quantitative estimate of drug-likeness (QED) is 0.737. The van der Waals surface area contributed by atoms with Crippen LogP contribution < -0.4 is 4.90 Å². The van der Waals surface area contributed by atoms with E-state index in [0.717, 1.165) is 17.5 Å². The third kappa shape index (κ3) is 4.41. The van der Waals surface area contributed by atoms with E-state index in [4.69, 9.17) is 0 Å². The third-order valence-electron chi connectivity index (χ3n) is 4.90. The minimum Gasteiger partial charge on any atom is -0.507 e. The number of nitrogens with zero attached hydrogens (tertiary/aromatic N) is 1. The molecule has 0 saturated carbocycles. The molecule has 1 N–H and O–H groups in total. The van der Waals surface area contributed by atoms with Crippen LogP contribution >= 0.6 is 0 Å². The smallest absolute Gasteiger partial charge is 0.123 e. The van der Waals surface area contributed by atoms with Gasteiger partial charge in [-0.15, -0.1) is 0 Å². The average molecular weight is 354 g/mol. The van der Waals surface area contributed by atoms with Crippen molar-refractivity contribution in [3.8, 4) is 5.75 Å². The zero-order valence-electron chi connectivity index (χ0n) is 18.0. The summed E-state index contributed by atoms with van der Waals surface area (Å²) in [6.45, 7) is 15.1. The van der Waals surface area contributed by atoms with Gasteiger partial charge >= 0.3 is 0 Å². The van der Waals surface area contributed by atoms with Gasteiger partial charge in [0.15, 0.2) is 0 Å². The van der Waals surface area contributed by atoms with Gasteiger partial charge in [-0.2, -0.15) is 0 Å². The van der Waals surface area contributed by atoms with Gasteiger partial charge in [-0.05, 0) is 52.5 Å². The Bertz CT molecular complexity index is 754. The van der Waals surface area contributed by atoms with Gasteiger partial charge in [-0.1, -0.05) is 71.4 Å². The summed E-state index contributed by atoms with van der Waals surface area (Å²) >= 11 is 0. The van der Waals surface area contributed by atoms with E-state index in [-0.39, 0.29) is 10.8 Å². The number of benzene rings is 2. The van der Waals surface area contributed by atoms with Crippen molar-refractivity contribution in [2.75, 3.05) is 19.0 Å². The Morgan fingerprint density at radius 2 is 1.35 bits per heavy atom. The van der Waals surface area contributed by atoms with Gasteiger partial charge in [0.05, 0.1) is 0 Å². The number of phenols is 1. The van der Waals surface area contributed by atoms with Crippen LogP contribution in [0.1, 0.15) is 69.4 Å². The molecular formula is C24H35NO. The van der Waals surface area contributed by atoms with Crippen molar-refractivity contribution in [2.24, 2.45) is 0 Å². The molecular weight excluding hydrogens is 318 g/mol. The fourth-order valence-electron chi connectivity index (χ4n) is 3.45. The average Bonchev–Trinajstić information content (AvgIpc) is 2.46. The highest BCUT2D eigenvalue weighted by atomic mass is 16.3. The molecule has 26 heavy (non-hydrogen) atoms. The van der Waals surface area contributed by atoms with Gasteiger partial charge < -0.3 is 10.0 Å². The maximum absolute atomic E-state index is 10.9. The van der Waals surface area contributed by atoms with Gasteiger partial charge in [0.25, 0.3) is 0 Å². The summed E-state index contributed by atoms with van der Waals surface area (Å²) < 4.78 is 0. The second-order valence-electron chi connectivity index (χ2n) is 9.74. The minimum atomic E-state index is -0.100. The summed E-state index contributed by atoms with van der Waals surface area (Å²) in [7, 11) is 4.18. The van der Waals surface area contributed by atoms with E-state index in [1.807, 2.05) is 0 Å². The number of hydrogen-bond acceptors (Lipinski definition) is 2. The van der Waals surface area contributed by atoms with Crippen LogP contribution in [0.15, 0.2) is 30.3 Å². The Balaban J connectivity index is 2.63. The number of hydrogen-bond donors (Lipinski definition) is 1. The maximum atomic E-state index is 10.9. The van der Waals surface area contributed by atoms with Crippen molar-refractivity contribution < 1.29 is 5.11 Å². The Morgan fingerprint density at radius 1 is 0.846 bits per heavy atom. The van der Waals surface area contributed by atoms with E-state index in [1.165, 1.54) is 22.4 Å². The first kappa shape index (κ1) is 20.4. The van der Waals surface area contributed by atoms with E-state index in [2.05, 4.69) is 97.8 Å². The van der Waals surface area contributed by atoms with Crippen LogP contribution in [0.5, 0.6) is 5.75 Å². The molecule has 0 amide bonds. The molecule has 0 radical (unpaired) electrons. The SMILES string of the molecule is Cc1ccc(N(C)C)c(Cc2cc(C(C)(C)C)c(O)c(C(C)(C)C)c2)c1. The van der Waals surface area contributed by atoms with Gasteiger partial charge in [-0.25, -0.2) is 0 Å². The molecule has 2 heteroatoms. The van der Waals surface area contributed by atoms with E-state index in [1.54, 1.807) is 0 Å². The molecule has 0 saturated heterocycles. The standard InChI is InChI=1S/C24H35NO/c1-16-10-11-21(25(8)9)18(12-16)13-17-14-19(23(2,3)4)22(26)20(15-17)24(5,6)7/h10-12,14-15,26H,13H2,1-9H3. The second-order valence-corrected chi connectivity index (χ2v) is 9.74. The molecule has 0 atom stereocenters. The van der Waals surface area contributed by atoms with Crippen LogP contribution in [0, 0.1) is 6.92 Å².